The maximum Gasteiger partial charge on any atom is 0.133 e. The molecule has 0 unspecified atom stereocenters. The van der Waals surface area contributed by atoms with Crippen molar-refractivity contribution in [3.05, 3.63) is 52.5 Å². The Labute approximate surface area is 184 Å². The zero-order chi connectivity index (χ0) is 21.0. The number of ether oxygens (including phenoxy) is 1. The molecule has 0 saturated heterocycles. The Balaban J connectivity index is 1.25. The topological polar surface area (TPSA) is 46.2 Å². The molecule has 1 aromatic heterocycles. The van der Waals surface area contributed by atoms with Gasteiger partial charge in [0, 0.05) is 30.5 Å². The van der Waals surface area contributed by atoms with Crippen LogP contribution >= 0.6 is 11.6 Å². The van der Waals surface area contributed by atoms with Crippen LogP contribution in [0.15, 0.2) is 36.5 Å². The molecule has 1 atom stereocenters. The Morgan fingerprint density at radius 3 is 2.80 bits per heavy atom. The van der Waals surface area contributed by atoms with Crippen LogP contribution in [0.25, 0.3) is 12.2 Å². The molecule has 1 fully saturated rings. The fourth-order valence-corrected chi connectivity index (χ4v) is 4.80. The minimum absolute atomic E-state index is 0.327. The lowest BCUT2D eigenvalue weighted by Crippen LogP contribution is -2.38. The number of halogens is 1. The number of hydrogen-bond acceptors (Lipinski definition) is 4. The van der Waals surface area contributed by atoms with Crippen molar-refractivity contribution in [3.63, 3.8) is 0 Å². The summed E-state index contributed by atoms with van der Waals surface area (Å²) < 4.78 is 5.38. The maximum atomic E-state index is 6.55. The molecule has 2 aliphatic carbocycles. The van der Waals surface area contributed by atoms with Gasteiger partial charge in [-0.15, -0.1) is 11.6 Å². The summed E-state index contributed by atoms with van der Waals surface area (Å²) in [7, 11) is 1.74. The summed E-state index contributed by atoms with van der Waals surface area (Å²) in [4.78, 5) is 4.21. The smallest absolute Gasteiger partial charge is 0.133 e. The number of benzene rings is 1. The van der Waals surface area contributed by atoms with E-state index in [0.29, 0.717) is 12.0 Å². The molecule has 1 aromatic carbocycles. The Bertz CT molecular complexity index is 980. The molecule has 30 heavy (non-hydrogen) atoms. The minimum atomic E-state index is -0.327. The number of methoxy groups -OCH3 is 1. The lowest BCUT2D eigenvalue weighted by Gasteiger charge is -2.29. The summed E-state index contributed by atoms with van der Waals surface area (Å²) in [6, 6.07) is 11.2. The number of fused-ring (bicyclic) bond motifs is 1. The monoisotopic (exact) mass is 425 g/mol. The summed E-state index contributed by atoms with van der Waals surface area (Å²) in [6.07, 6.45) is 11.9. The minimum Gasteiger partial charge on any atom is -0.497 e. The summed E-state index contributed by atoms with van der Waals surface area (Å²) >= 11 is 6.55. The second-order valence-electron chi connectivity index (χ2n) is 8.70. The molecule has 5 heteroatoms. The molecule has 0 radical (unpaired) electrons. The van der Waals surface area contributed by atoms with Crippen molar-refractivity contribution < 1.29 is 4.74 Å². The van der Waals surface area contributed by atoms with Gasteiger partial charge in [0.2, 0.25) is 0 Å². The predicted molar refractivity (Wildman–Crippen MR) is 126 cm³/mol. The van der Waals surface area contributed by atoms with Crippen molar-refractivity contribution in [1.29, 1.82) is 0 Å². The number of anilines is 1. The molecule has 1 heterocycles. The van der Waals surface area contributed by atoms with Gasteiger partial charge in [0.25, 0.3) is 0 Å². The Kier molecular flexibility index (Phi) is 6.64. The lowest BCUT2D eigenvalue weighted by molar-refractivity contribution is 0.345. The molecule has 2 N–H and O–H groups in total. The van der Waals surface area contributed by atoms with E-state index in [4.69, 9.17) is 16.3 Å². The van der Waals surface area contributed by atoms with E-state index < -0.39 is 0 Å². The first kappa shape index (κ1) is 21.2. The molecule has 0 bridgehead atoms. The van der Waals surface area contributed by atoms with Gasteiger partial charge in [0.05, 0.1) is 12.0 Å². The van der Waals surface area contributed by atoms with Crippen molar-refractivity contribution in [2.24, 2.45) is 0 Å². The second kappa shape index (κ2) is 9.40. The largest absolute Gasteiger partial charge is 0.497 e. The molecule has 0 spiro atoms. The van der Waals surface area contributed by atoms with Crippen LogP contribution in [0, 0.1) is 0 Å². The van der Waals surface area contributed by atoms with Crippen molar-refractivity contribution in [2.75, 3.05) is 25.5 Å². The van der Waals surface area contributed by atoms with Crippen LogP contribution in [0.4, 0.5) is 5.82 Å². The SMILES string of the molecule is COc1cccc(C2CCC(NCCNc3nccc4c3=C[C@@](C)(Cl)CC=4)CC2)c1. The van der Waals surface area contributed by atoms with Crippen molar-refractivity contribution in [2.45, 2.75) is 55.9 Å². The average Bonchev–Trinajstić information content (AvgIpc) is 2.77. The maximum absolute atomic E-state index is 6.55. The van der Waals surface area contributed by atoms with E-state index in [1.54, 1.807) is 7.11 Å². The highest BCUT2D eigenvalue weighted by molar-refractivity contribution is 6.27. The third-order valence-electron chi connectivity index (χ3n) is 6.33. The highest BCUT2D eigenvalue weighted by atomic mass is 35.5. The molecule has 0 aliphatic heterocycles. The van der Waals surface area contributed by atoms with E-state index in [2.05, 4.69) is 52.0 Å². The standard InChI is InChI=1S/C25H32ClN3O/c1-25(26)12-10-19-11-13-28-24(23(19)17-25)29-15-14-27-21-8-6-18(7-9-21)20-4-3-5-22(16-20)30-2/h3-5,10-11,13,16-18,21,27H,6-9,12,14-15H2,1-2H3,(H,28,29)/t18?,21?,25-/m0/s1. The number of rotatable bonds is 7. The normalized spacial score (nSPS) is 25.6. The fourth-order valence-electron chi connectivity index (χ4n) is 4.61. The third-order valence-corrected chi connectivity index (χ3v) is 6.60. The number of nitrogens with zero attached hydrogens (tertiary/aromatic N) is 1. The Morgan fingerprint density at radius 2 is 2.00 bits per heavy atom. The van der Waals surface area contributed by atoms with E-state index in [0.717, 1.165) is 36.3 Å². The second-order valence-corrected chi connectivity index (χ2v) is 9.56. The third kappa shape index (κ3) is 5.16. The van der Waals surface area contributed by atoms with E-state index in [-0.39, 0.29) is 4.87 Å². The zero-order valence-electron chi connectivity index (χ0n) is 18.0. The van der Waals surface area contributed by atoms with Gasteiger partial charge < -0.3 is 15.4 Å². The summed E-state index contributed by atoms with van der Waals surface area (Å²) in [6.45, 7) is 3.84. The first-order valence-electron chi connectivity index (χ1n) is 11.0. The number of hydrogen-bond donors (Lipinski definition) is 2. The first-order valence-corrected chi connectivity index (χ1v) is 11.4. The van der Waals surface area contributed by atoms with Gasteiger partial charge in [0.15, 0.2) is 0 Å². The van der Waals surface area contributed by atoms with Gasteiger partial charge in [-0.05, 0) is 73.9 Å². The number of pyridine rings is 1. The Hall–Kier alpha value is -2.04. The summed E-state index contributed by atoms with van der Waals surface area (Å²) in [5, 5.41) is 9.57. The lowest BCUT2D eigenvalue weighted by atomic mass is 9.81. The van der Waals surface area contributed by atoms with Crippen molar-refractivity contribution in [3.8, 4) is 5.75 Å². The molecule has 0 amide bonds. The van der Waals surface area contributed by atoms with E-state index in [9.17, 15) is 0 Å². The number of nitrogens with one attached hydrogen (secondary N) is 2. The van der Waals surface area contributed by atoms with E-state index in [1.807, 2.05) is 19.2 Å². The summed E-state index contributed by atoms with van der Waals surface area (Å²) in [5.41, 5.74) is 1.41. The molecular weight excluding hydrogens is 394 g/mol. The van der Waals surface area contributed by atoms with Gasteiger partial charge in [0.1, 0.15) is 11.6 Å². The fraction of sp³-hybridized carbons (Fsp3) is 0.480. The summed E-state index contributed by atoms with van der Waals surface area (Å²) in [5.74, 6) is 2.53. The van der Waals surface area contributed by atoms with Gasteiger partial charge in [-0.3, -0.25) is 0 Å². The average molecular weight is 426 g/mol. The van der Waals surface area contributed by atoms with Crippen LogP contribution in [-0.4, -0.2) is 36.1 Å². The molecule has 160 valence electrons. The van der Waals surface area contributed by atoms with Gasteiger partial charge >= 0.3 is 0 Å². The van der Waals surface area contributed by atoms with Crippen LogP contribution in [0.5, 0.6) is 5.75 Å². The van der Waals surface area contributed by atoms with Crippen molar-refractivity contribution >= 4 is 29.6 Å². The van der Waals surface area contributed by atoms with E-state index >= 15 is 0 Å². The van der Waals surface area contributed by atoms with Gasteiger partial charge in [-0.1, -0.05) is 24.3 Å². The van der Waals surface area contributed by atoms with Crippen LogP contribution in [-0.2, 0) is 0 Å². The quantitative estimate of drug-likeness (QED) is 0.523. The Morgan fingerprint density at radius 1 is 1.17 bits per heavy atom. The number of alkyl halides is 1. The van der Waals surface area contributed by atoms with Gasteiger partial charge in [-0.2, -0.15) is 0 Å². The van der Waals surface area contributed by atoms with Crippen LogP contribution in [0.2, 0.25) is 0 Å². The van der Waals surface area contributed by atoms with Crippen LogP contribution < -0.4 is 25.8 Å². The highest BCUT2D eigenvalue weighted by Crippen LogP contribution is 2.34. The molecule has 4 rings (SSSR count). The van der Waals surface area contributed by atoms with Gasteiger partial charge in [-0.25, -0.2) is 4.98 Å². The molecular formula is C25H32ClN3O. The van der Waals surface area contributed by atoms with E-state index in [1.165, 1.54) is 36.5 Å². The van der Waals surface area contributed by atoms with Crippen molar-refractivity contribution in [1.82, 2.24) is 10.3 Å². The van der Waals surface area contributed by atoms with Crippen LogP contribution in [0.3, 0.4) is 0 Å². The predicted octanol–water partition coefficient (Wildman–Crippen LogP) is 3.78. The molecule has 1 saturated carbocycles. The molecule has 2 aliphatic rings. The molecule has 4 nitrogen and oxygen atoms in total. The zero-order valence-corrected chi connectivity index (χ0v) is 18.7. The number of aromatic nitrogens is 1. The molecule has 2 aromatic rings. The van der Waals surface area contributed by atoms with Crippen LogP contribution in [0.1, 0.15) is 50.5 Å². The first-order chi connectivity index (χ1) is 14.5. The highest BCUT2D eigenvalue weighted by Gasteiger charge is 2.22.